The molecule has 0 aliphatic carbocycles. The van der Waals surface area contributed by atoms with Crippen LogP contribution in [0.15, 0.2) is 65.1 Å². The lowest BCUT2D eigenvalue weighted by Gasteiger charge is -2.44. The van der Waals surface area contributed by atoms with Crippen LogP contribution in [0.25, 0.3) is 28.4 Å². The minimum atomic E-state index is -2.06. The Labute approximate surface area is 399 Å². The minimum Gasteiger partial charge on any atom is -0.507 e. The average molecular weight is 1010 g/mol. The SMILES string of the molecule is COc1cc(C=CC(=O)OC[C@H]2O[C@@H](Oc3cc4c(O[C@@H]5O[C@H](COC(=O)CC(=O)O)[C@@H](O)[C@H](O)[C@H]5O)cc(O)cc4[o+]c3-c3ccc(O)c(O)c3)[C@H](O[C@@H]3OC[C@@H](O)[C@H](O)[C@H]3O)[C@@H](O)[C@@H]2O)ccc1O. The van der Waals surface area contributed by atoms with E-state index in [2.05, 4.69) is 0 Å². The highest BCUT2D eigenvalue weighted by Gasteiger charge is 2.51. The maximum Gasteiger partial charge on any atom is 0.402 e. The molecule has 3 saturated heterocycles. The Morgan fingerprint density at radius 2 is 1.34 bits per heavy atom. The molecule has 4 aromatic rings. The molecule has 4 heterocycles. The predicted octanol–water partition coefficient (Wildman–Crippen LogP) is -1.68. The summed E-state index contributed by atoms with van der Waals surface area (Å²) < 4.78 is 56.6. The number of methoxy groups -OCH3 is 1. The van der Waals surface area contributed by atoms with Gasteiger partial charge in [0, 0.05) is 24.3 Å². The summed E-state index contributed by atoms with van der Waals surface area (Å²) in [5.74, 6) is -6.66. The zero-order valence-electron chi connectivity index (χ0n) is 36.9. The van der Waals surface area contributed by atoms with Crippen LogP contribution in [0.2, 0.25) is 0 Å². The van der Waals surface area contributed by atoms with E-state index in [4.69, 9.17) is 52.2 Å². The van der Waals surface area contributed by atoms with Crippen molar-refractivity contribution < 1.29 is 128 Å². The van der Waals surface area contributed by atoms with Gasteiger partial charge >= 0.3 is 29.3 Å². The van der Waals surface area contributed by atoms with Crippen molar-refractivity contribution in [2.45, 2.75) is 92.4 Å². The molecule has 13 N–H and O–H groups in total. The second-order valence-corrected chi connectivity index (χ2v) is 16.3. The number of carbonyl (C=O) groups excluding carboxylic acids is 2. The molecule has 0 saturated carbocycles. The van der Waals surface area contributed by atoms with Crippen LogP contribution in [0.4, 0.5) is 0 Å². The zero-order chi connectivity index (χ0) is 51.4. The quantitative estimate of drug-likeness (QED) is 0.0196. The standard InChI is InChI=1S/C45H48O26/c1-62-27-8-17(2-5-22(27)48)3-7-32(53)63-15-30-36(57)38(59)42(71-43-39(60)34(55)24(50)14-65-43)45(70-30)68-28-12-20-25(66-41(28)18-4-6-21(47)23(49)9-18)10-19(46)11-26(20)67-44-40(61)37(58)35(56)29(69-44)16-64-33(54)13-31(51)52/h2-12,24,29-30,34-40,42-45,50,55-61H,13-16H2,1H3,(H4-,46,47,48,49,51,52,53)/p+1/t24-,29-,30-,34+,35-,36-,37+,38+,39-,40-,42-,43+,44-,45-/m1/s1. The van der Waals surface area contributed by atoms with Crippen molar-refractivity contribution in [3.8, 4) is 51.6 Å². The molecule has 7 rings (SSSR count). The number of phenolic OH excluding ortho intramolecular Hbond substituents is 4. The molecule has 3 aliphatic rings. The molecule has 3 fully saturated rings. The van der Waals surface area contributed by atoms with Crippen molar-refractivity contribution in [1.82, 2.24) is 0 Å². The normalized spacial score (nSPS) is 29.9. The van der Waals surface area contributed by atoms with Crippen LogP contribution in [0.1, 0.15) is 12.0 Å². The van der Waals surface area contributed by atoms with Gasteiger partial charge in [-0.2, -0.15) is 0 Å². The van der Waals surface area contributed by atoms with E-state index in [0.29, 0.717) is 5.56 Å². The predicted molar refractivity (Wildman–Crippen MR) is 230 cm³/mol. The highest BCUT2D eigenvalue weighted by atomic mass is 16.8. The molecule has 26 heteroatoms. The summed E-state index contributed by atoms with van der Waals surface area (Å²) in [6.45, 7) is -2.14. The molecule has 0 radical (unpaired) electrons. The van der Waals surface area contributed by atoms with Crippen LogP contribution in [0.5, 0.6) is 40.2 Å². The molecule has 0 amide bonds. The van der Waals surface area contributed by atoms with E-state index in [1.807, 2.05) is 0 Å². The number of rotatable bonds is 16. The molecule has 384 valence electrons. The molecule has 0 bridgehead atoms. The van der Waals surface area contributed by atoms with Crippen molar-refractivity contribution in [3.05, 3.63) is 66.2 Å². The van der Waals surface area contributed by atoms with E-state index < -0.39 is 159 Å². The number of fused-ring (bicyclic) bond motifs is 1. The summed E-state index contributed by atoms with van der Waals surface area (Å²) in [5.41, 5.74) is 0.149. The molecule has 71 heavy (non-hydrogen) atoms. The first-order valence-electron chi connectivity index (χ1n) is 21.3. The molecule has 3 aliphatic heterocycles. The molecule has 0 spiro atoms. The fraction of sp³-hybridized carbons (Fsp3) is 0.422. The first-order chi connectivity index (χ1) is 33.7. The number of phenols is 4. The van der Waals surface area contributed by atoms with Gasteiger partial charge in [0.15, 0.2) is 35.4 Å². The highest BCUT2D eigenvalue weighted by molar-refractivity contribution is 5.90. The lowest BCUT2D eigenvalue weighted by Crippen LogP contribution is -2.64. The molecule has 0 unspecified atom stereocenters. The smallest absolute Gasteiger partial charge is 0.402 e. The Bertz CT molecular complexity index is 2590. The Morgan fingerprint density at radius 1 is 0.676 bits per heavy atom. The van der Waals surface area contributed by atoms with Crippen molar-refractivity contribution in [3.63, 3.8) is 0 Å². The van der Waals surface area contributed by atoms with Gasteiger partial charge in [0.25, 0.3) is 0 Å². The van der Waals surface area contributed by atoms with E-state index in [1.54, 1.807) is 0 Å². The summed E-state index contributed by atoms with van der Waals surface area (Å²) in [4.78, 5) is 35.8. The van der Waals surface area contributed by atoms with Gasteiger partial charge in [-0.05, 0) is 35.9 Å². The highest BCUT2D eigenvalue weighted by Crippen LogP contribution is 2.44. The van der Waals surface area contributed by atoms with E-state index in [0.717, 1.165) is 30.3 Å². The zero-order valence-corrected chi connectivity index (χ0v) is 36.9. The summed E-state index contributed by atoms with van der Waals surface area (Å²) in [6, 6.07) is 10.8. The number of carbonyl (C=O) groups is 3. The van der Waals surface area contributed by atoms with Crippen LogP contribution < -0.4 is 14.2 Å². The van der Waals surface area contributed by atoms with E-state index in [1.165, 1.54) is 43.5 Å². The summed E-state index contributed by atoms with van der Waals surface area (Å²) in [6.07, 6.45) is -24.8. The number of hydrogen-bond donors (Lipinski definition) is 13. The summed E-state index contributed by atoms with van der Waals surface area (Å²) in [7, 11) is 1.32. The van der Waals surface area contributed by atoms with Crippen LogP contribution in [-0.4, -0.2) is 197 Å². The van der Waals surface area contributed by atoms with Gasteiger partial charge in [-0.15, -0.1) is 0 Å². The van der Waals surface area contributed by atoms with Gasteiger partial charge in [-0.3, -0.25) is 9.59 Å². The summed E-state index contributed by atoms with van der Waals surface area (Å²) in [5, 5.41) is 137. The molecule has 3 aromatic carbocycles. The number of esters is 2. The first kappa shape index (κ1) is 52.2. The van der Waals surface area contributed by atoms with Gasteiger partial charge in [0.05, 0.1) is 25.3 Å². The van der Waals surface area contributed by atoms with Crippen LogP contribution in [-0.2, 0) is 42.8 Å². The van der Waals surface area contributed by atoms with Gasteiger partial charge < -0.3 is 109 Å². The number of ether oxygens (including phenoxy) is 9. The number of aliphatic hydroxyl groups is 8. The Kier molecular flexibility index (Phi) is 16.3. The average Bonchev–Trinajstić information content (AvgIpc) is 3.33. The van der Waals surface area contributed by atoms with Crippen molar-refractivity contribution in [2.75, 3.05) is 26.9 Å². The third kappa shape index (κ3) is 11.9. The van der Waals surface area contributed by atoms with Gasteiger partial charge in [-0.25, -0.2) is 9.21 Å². The van der Waals surface area contributed by atoms with E-state index in [9.17, 15) is 75.7 Å². The number of carboxylic acid groups (broad SMARTS) is 1. The van der Waals surface area contributed by atoms with Crippen LogP contribution >= 0.6 is 0 Å². The first-order valence-corrected chi connectivity index (χ1v) is 21.3. The molecule has 26 nitrogen and oxygen atoms in total. The van der Waals surface area contributed by atoms with Crippen LogP contribution in [0, 0.1) is 0 Å². The van der Waals surface area contributed by atoms with Gasteiger partial charge in [-0.1, -0.05) is 6.07 Å². The monoisotopic (exact) mass is 1010 g/mol. The second kappa shape index (κ2) is 22.2. The largest absolute Gasteiger partial charge is 0.507 e. The third-order valence-corrected chi connectivity index (χ3v) is 11.3. The maximum atomic E-state index is 12.9. The molecular formula is C45H49O26+. The Morgan fingerprint density at radius 3 is 2.04 bits per heavy atom. The maximum absolute atomic E-state index is 12.9. The van der Waals surface area contributed by atoms with E-state index in [-0.39, 0.29) is 33.8 Å². The Hall–Kier alpha value is -6.66. The van der Waals surface area contributed by atoms with Gasteiger partial charge in [0.2, 0.25) is 18.3 Å². The fourth-order valence-corrected chi connectivity index (χ4v) is 7.48. The van der Waals surface area contributed by atoms with Crippen molar-refractivity contribution >= 4 is 35.0 Å². The molecule has 1 aromatic heterocycles. The Balaban J connectivity index is 1.24. The summed E-state index contributed by atoms with van der Waals surface area (Å²) >= 11 is 0. The van der Waals surface area contributed by atoms with Crippen LogP contribution in [0.3, 0.4) is 0 Å². The van der Waals surface area contributed by atoms with Crippen molar-refractivity contribution in [1.29, 1.82) is 0 Å². The number of aliphatic carboxylic acids is 1. The van der Waals surface area contributed by atoms with Gasteiger partial charge in [0.1, 0.15) is 97.6 Å². The topological polar surface area (TPSA) is 409 Å². The third-order valence-electron chi connectivity index (χ3n) is 11.3. The lowest BCUT2D eigenvalue weighted by atomic mass is 9.98. The number of aromatic hydroxyl groups is 4. The lowest BCUT2D eigenvalue weighted by molar-refractivity contribution is -0.345. The second-order valence-electron chi connectivity index (χ2n) is 16.3. The van der Waals surface area contributed by atoms with Crippen molar-refractivity contribution in [2.24, 2.45) is 0 Å². The number of aliphatic hydroxyl groups excluding tert-OH is 8. The number of hydrogen-bond acceptors (Lipinski definition) is 24. The number of benzene rings is 3. The minimum absolute atomic E-state index is 0.0352. The van der Waals surface area contributed by atoms with E-state index >= 15 is 0 Å². The number of carboxylic acids is 1. The fourth-order valence-electron chi connectivity index (χ4n) is 7.48. The molecular weight excluding hydrogens is 956 g/mol. The molecule has 14 atom stereocenters.